The number of nitrogens with zero attached hydrogens (tertiary/aromatic N) is 1. The van der Waals surface area contributed by atoms with Crippen molar-refractivity contribution in [3.05, 3.63) is 28.6 Å². The number of aryl methyl sites for hydroxylation is 1. The Bertz CT molecular complexity index is 394. The predicted octanol–water partition coefficient (Wildman–Crippen LogP) is 2.90. The average molecular weight is 212 g/mol. The average Bonchev–Trinajstić information content (AvgIpc) is 2.27. The Morgan fingerprint density at radius 2 is 2.27 bits per heavy atom. The smallest absolute Gasteiger partial charge is 0.226 e. The normalized spacial score (nSPS) is 10.7. The molecule has 2 heterocycles. The summed E-state index contributed by atoms with van der Waals surface area (Å²) < 4.78 is 6.27. The maximum absolute atomic E-state index is 5.29. The van der Waals surface area contributed by atoms with Crippen molar-refractivity contribution in [2.24, 2.45) is 0 Å². The third kappa shape index (κ3) is 1.16. The monoisotopic (exact) mass is 211 g/mol. The highest BCUT2D eigenvalue weighted by Crippen LogP contribution is 2.19. The Balaban J connectivity index is 2.82. The molecular weight excluding hydrogens is 206 g/mol. The van der Waals surface area contributed by atoms with E-state index in [4.69, 9.17) is 4.42 Å². The molecule has 2 aromatic rings. The highest BCUT2D eigenvalue weighted by molar-refractivity contribution is 9.10. The summed E-state index contributed by atoms with van der Waals surface area (Å²) in [6, 6.07) is 3.95. The summed E-state index contributed by atoms with van der Waals surface area (Å²) in [6.07, 6.45) is 1.73. The zero-order valence-corrected chi connectivity index (χ0v) is 7.55. The van der Waals surface area contributed by atoms with E-state index in [1.165, 1.54) is 0 Å². The molecule has 0 aromatic carbocycles. The third-order valence-electron chi connectivity index (χ3n) is 1.46. The van der Waals surface area contributed by atoms with Gasteiger partial charge in [-0.15, -0.1) is 0 Å². The number of fused-ring (bicyclic) bond motifs is 1. The molecule has 0 saturated heterocycles. The van der Waals surface area contributed by atoms with Gasteiger partial charge < -0.3 is 4.42 Å². The second kappa shape index (κ2) is 2.34. The molecule has 0 radical (unpaired) electrons. The van der Waals surface area contributed by atoms with Crippen LogP contribution in [0.5, 0.6) is 0 Å². The zero-order chi connectivity index (χ0) is 7.84. The SMILES string of the molecule is Cc1cc2cc(Br)cnc2o1. The first-order chi connectivity index (χ1) is 5.25. The highest BCUT2D eigenvalue weighted by Gasteiger charge is 2.00. The van der Waals surface area contributed by atoms with Crippen LogP contribution in [0.4, 0.5) is 0 Å². The molecule has 0 aliphatic heterocycles. The van der Waals surface area contributed by atoms with Crippen LogP contribution < -0.4 is 0 Å². The van der Waals surface area contributed by atoms with Crippen molar-refractivity contribution >= 4 is 27.0 Å². The lowest BCUT2D eigenvalue weighted by atomic mass is 10.3. The van der Waals surface area contributed by atoms with Crippen molar-refractivity contribution in [1.82, 2.24) is 4.98 Å². The van der Waals surface area contributed by atoms with Crippen molar-refractivity contribution in [3.8, 4) is 0 Å². The van der Waals surface area contributed by atoms with Crippen LogP contribution in [0.25, 0.3) is 11.1 Å². The van der Waals surface area contributed by atoms with Crippen molar-refractivity contribution in [2.75, 3.05) is 0 Å². The zero-order valence-electron chi connectivity index (χ0n) is 5.97. The van der Waals surface area contributed by atoms with Crippen molar-refractivity contribution < 1.29 is 4.42 Å². The fraction of sp³-hybridized carbons (Fsp3) is 0.125. The molecule has 0 aliphatic carbocycles. The number of rotatable bonds is 0. The Hall–Kier alpha value is -0.830. The van der Waals surface area contributed by atoms with Gasteiger partial charge in [0.25, 0.3) is 0 Å². The van der Waals surface area contributed by atoms with E-state index in [9.17, 15) is 0 Å². The molecule has 0 unspecified atom stereocenters. The van der Waals surface area contributed by atoms with Crippen molar-refractivity contribution in [1.29, 1.82) is 0 Å². The van der Waals surface area contributed by atoms with Crippen molar-refractivity contribution in [3.63, 3.8) is 0 Å². The van der Waals surface area contributed by atoms with Gasteiger partial charge in [-0.05, 0) is 35.0 Å². The minimum Gasteiger partial charge on any atom is -0.443 e. The van der Waals surface area contributed by atoms with Crippen LogP contribution in [-0.2, 0) is 0 Å². The molecule has 2 aromatic heterocycles. The van der Waals surface area contributed by atoms with E-state index in [-0.39, 0.29) is 0 Å². The fourth-order valence-electron chi connectivity index (χ4n) is 1.03. The highest BCUT2D eigenvalue weighted by atomic mass is 79.9. The lowest BCUT2D eigenvalue weighted by Gasteiger charge is -1.86. The topological polar surface area (TPSA) is 26.0 Å². The first kappa shape index (κ1) is 6.85. The molecule has 0 amide bonds. The molecule has 0 saturated carbocycles. The number of furan rings is 1. The second-order valence-corrected chi connectivity index (χ2v) is 3.32. The van der Waals surface area contributed by atoms with Crippen molar-refractivity contribution in [2.45, 2.75) is 6.92 Å². The van der Waals surface area contributed by atoms with Gasteiger partial charge in [-0.25, -0.2) is 4.98 Å². The van der Waals surface area contributed by atoms with Gasteiger partial charge in [-0.2, -0.15) is 0 Å². The molecule has 2 nitrogen and oxygen atoms in total. The molecule has 11 heavy (non-hydrogen) atoms. The molecule has 0 spiro atoms. The summed E-state index contributed by atoms with van der Waals surface area (Å²) in [5, 5.41) is 1.04. The van der Waals surface area contributed by atoms with Crippen LogP contribution in [0, 0.1) is 6.92 Å². The van der Waals surface area contributed by atoms with E-state index in [1.54, 1.807) is 6.20 Å². The van der Waals surface area contributed by atoms with E-state index < -0.39 is 0 Å². The van der Waals surface area contributed by atoms with E-state index in [1.807, 2.05) is 19.1 Å². The number of pyridine rings is 1. The number of hydrogen-bond acceptors (Lipinski definition) is 2. The summed E-state index contributed by atoms with van der Waals surface area (Å²) in [5.74, 6) is 0.894. The summed E-state index contributed by atoms with van der Waals surface area (Å²) in [5.41, 5.74) is 0.700. The summed E-state index contributed by atoms with van der Waals surface area (Å²) in [7, 11) is 0. The van der Waals surface area contributed by atoms with Gasteiger partial charge in [0.2, 0.25) is 5.71 Å². The van der Waals surface area contributed by atoms with Gasteiger partial charge in [-0.1, -0.05) is 0 Å². The van der Waals surface area contributed by atoms with E-state index in [2.05, 4.69) is 20.9 Å². The maximum Gasteiger partial charge on any atom is 0.226 e. The van der Waals surface area contributed by atoms with E-state index >= 15 is 0 Å². The van der Waals surface area contributed by atoms with Crippen LogP contribution in [0.3, 0.4) is 0 Å². The van der Waals surface area contributed by atoms with Crippen LogP contribution in [0.15, 0.2) is 27.2 Å². The largest absolute Gasteiger partial charge is 0.443 e. The Morgan fingerprint density at radius 3 is 3.09 bits per heavy atom. The van der Waals surface area contributed by atoms with E-state index in [0.717, 1.165) is 15.6 Å². The van der Waals surface area contributed by atoms with Crippen LogP contribution in [0.1, 0.15) is 5.76 Å². The van der Waals surface area contributed by atoms with Crippen LogP contribution in [0.2, 0.25) is 0 Å². The maximum atomic E-state index is 5.29. The Kier molecular flexibility index (Phi) is 1.46. The Labute approximate surface area is 72.4 Å². The van der Waals surface area contributed by atoms with Gasteiger partial charge >= 0.3 is 0 Å². The third-order valence-corrected chi connectivity index (χ3v) is 1.90. The molecule has 3 heteroatoms. The lowest BCUT2D eigenvalue weighted by Crippen LogP contribution is -1.70. The molecule has 0 fully saturated rings. The minimum absolute atomic E-state index is 0.700. The standard InChI is InChI=1S/C8H6BrNO/c1-5-2-6-3-7(9)4-10-8(6)11-5/h2-4H,1H3. The van der Waals surface area contributed by atoms with Gasteiger partial charge in [0.15, 0.2) is 0 Å². The quantitative estimate of drug-likeness (QED) is 0.670. The second-order valence-electron chi connectivity index (χ2n) is 2.40. The summed E-state index contributed by atoms with van der Waals surface area (Å²) >= 11 is 3.34. The fourth-order valence-corrected chi connectivity index (χ4v) is 1.38. The molecule has 0 atom stereocenters. The number of hydrogen-bond donors (Lipinski definition) is 0. The minimum atomic E-state index is 0.700. The number of halogens is 1. The molecule has 2 rings (SSSR count). The summed E-state index contributed by atoms with van der Waals surface area (Å²) in [6.45, 7) is 1.91. The van der Waals surface area contributed by atoms with Crippen LogP contribution in [-0.4, -0.2) is 4.98 Å². The molecule has 56 valence electrons. The van der Waals surface area contributed by atoms with Gasteiger partial charge in [-0.3, -0.25) is 0 Å². The van der Waals surface area contributed by atoms with E-state index in [0.29, 0.717) is 5.71 Å². The predicted molar refractivity (Wildman–Crippen MR) is 46.4 cm³/mol. The first-order valence-electron chi connectivity index (χ1n) is 3.27. The molecular formula is C8H6BrNO. The number of aromatic nitrogens is 1. The Morgan fingerprint density at radius 1 is 1.45 bits per heavy atom. The van der Waals surface area contributed by atoms with Gasteiger partial charge in [0, 0.05) is 16.1 Å². The van der Waals surface area contributed by atoms with Gasteiger partial charge in [0.05, 0.1) is 0 Å². The first-order valence-corrected chi connectivity index (χ1v) is 4.07. The summed E-state index contributed by atoms with van der Waals surface area (Å²) in [4.78, 5) is 4.09. The van der Waals surface area contributed by atoms with Gasteiger partial charge in [0.1, 0.15) is 5.76 Å². The lowest BCUT2D eigenvalue weighted by molar-refractivity contribution is 0.567. The molecule has 0 N–H and O–H groups in total. The molecule has 0 bridgehead atoms. The van der Waals surface area contributed by atoms with Crippen LogP contribution >= 0.6 is 15.9 Å². The molecule has 0 aliphatic rings.